The van der Waals surface area contributed by atoms with Crippen molar-refractivity contribution >= 4 is 5.91 Å². The molecule has 0 aromatic heterocycles. The van der Waals surface area contributed by atoms with Gasteiger partial charge in [-0.2, -0.15) is 0 Å². The number of unbranched alkanes of at least 4 members (excludes halogenated alkanes) is 39. The fourth-order valence-electron chi connectivity index (χ4n) is 13.0. The summed E-state index contributed by atoms with van der Waals surface area (Å²) in [7, 11) is 0. The number of carbonyl (C=O) groups is 1. The highest BCUT2D eigenvalue weighted by Crippen LogP contribution is 2.30. The number of carbonyl (C=O) groups excluding carboxylic acids is 1. The summed E-state index contributed by atoms with van der Waals surface area (Å²) in [5.74, 6) is -0.250. The summed E-state index contributed by atoms with van der Waals surface area (Å²) >= 11 is 0. The van der Waals surface area contributed by atoms with Gasteiger partial charge in [-0.1, -0.05) is 348 Å². The lowest BCUT2D eigenvalue weighted by Crippen LogP contribution is -2.65. The Bertz CT molecular complexity index is 2100. The Kier molecular flexibility index (Phi) is 63.7. The van der Waals surface area contributed by atoms with Crippen LogP contribution in [0.2, 0.25) is 0 Å². The molecule has 2 aliphatic rings. The average molecular weight is 1410 g/mol. The molecule has 12 unspecified atom stereocenters. The molecular weight excluding hydrogens is 1250 g/mol. The van der Waals surface area contributed by atoms with E-state index in [2.05, 4.69) is 116 Å². The third kappa shape index (κ3) is 50.9. The number of hydrogen-bond acceptors (Lipinski definition) is 13. The Hall–Kier alpha value is -3.35. The van der Waals surface area contributed by atoms with Crippen molar-refractivity contribution in [2.24, 2.45) is 0 Å². The van der Waals surface area contributed by atoms with Crippen molar-refractivity contribution in [1.82, 2.24) is 5.32 Å². The second-order valence-corrected chi connectivity index (χ2v) is 28.5. The van der Waals surface area contributed by atoms with Gasteiger partial charge in [-0.05, 0) is 89.9 Å². The molecule has 14 heteroatoms. The van der Waals surface area contributed by atoms with Crippen LogP contribution in [0.25, 0.3) is 0 Å². The molecule has 2 heterocycles. The van der Waals surface area contributed by atoms with Crippen LogP contribution < -0.4 is 5.32 Å². The molecule has 0 radical (unpaired) electrons. The van der Waals surface area contributed by atoms with Gasteiger partial charge in [-0.15, -0.1) is 0 Å². The number of aliphatic hydroxyl groups is 8. The van der Waals surface area contributed by atoms with E-state index >= 15 is 0 Å². The normalized spacial score (nSPS) is 22.4. The van der Waals surface area contributed by atoms with E-state index in [9.17, 15) is 45.6 Å². The Morgan fingerprint density at radius 1 is 0.370 bits per heavy atom. The Morgan fingerprint density at radius 2 is 0.700 bits per heavy atom. The molecule has 0 aliphatic carbocycles. The van der Waals surface area contributed by atoms with Crippen molar-refractivity contribution in [1.29, 1.82) is 0 Å². The van der Waals surface area contributed by atoms with Gasteiger partial charge in [-0.25, -0.2) is 0 Å². The zero-order valence-electron chi connectivity index (χ0n) is 63.4. The van der Waals surface area contributed by atoms with E-state index < -0.39 is 86.8 Å². The monoisotopic (exact) mass is 1410 g/mol. The molecule has 0 spiro atoms. The van der Waals surface area contributed by atoms with Crippen LogP contribution in [0.3, 0.4) is 0 Å². The second-order valence-electron chi connectivity index (χ2n) is 28.5. The van der Waals surface area contributed by atoms with Gasteiger partial charge in [0.15, 0.2) is 12.6 Å². The molecule has 14 nitrogen and oxygen atoms in total. The third-order valence-corrected chi connectivity index (χ3v) is 19.4. The highest BCUT2D eigenvalue weighted by atomic mass is 16.7. The van der Waals surface area contributed by atoms with Gasteiger partial charge in [-0.3, -0.25) is 4.79 Å². The molecule has 2 saturated heterocycles. The molecule has 2 fully saturated rings. The van der Waals surface area contributed by atoms with Crippen LogP contribution in [-0.4, -0.2) is 140 Å². The summed E-state index contributed by atoms with van der Waals surface area (Å²) in [4.78, 5) is 13.4. The number of allylic oxidation sites excluding steroid dienone is 17. The molecule has 9 N–H and O–H groups in total. The van der Waals surface area contributed by atoms with E-state index in [1.165, 1.54) is 218 Å². The van der Waals surface area contributed by atoms with Crippen LogP contribution >= 0.6 is 0 Å². The largest absolute Gasteiger partial charge is 0.394 e. The van der Waals surface area contributed by atoms with Gasteiger partial charge in [0.25, 0.3) is 0 Å². The molecule has 100 heavy (non-hydrogen) atoms. The molecule has 0 bridgehead atoms. The smallest absolute Gasteiger partial charge is 0.220 e. The topological polar surface area (TPSA) is 228 Å². The van der Waals surface area contributed by atoms with Crippen molar-refractivity contribution < 1.29 is 64.6 Å². The van der Waals surface area contributed by atoms with Crippen LogP contribution in [0.1, 0.15) is 335 Å². The van der Waals surface area contributed by atoms with Gasteiger partial charge in [0.1, 0.15) is 48.8 Å². The number of rotatable bonds is 68. The minimum Gasteiger partial charge on any atom is -0.394 e. The Morgan fingerprint density at radius 3 is 1.10 bits per heavy atom. The first-order valence-corrected chi connectivity index (χ1v) is 41.1. The minimum atomic E-state index is -1.80. The number of amides is 1. The van der Waals surface area contributed by atoms with Crippen LogP contribution in [0.4, 0.5) is 0 Å². The molecule has 2 rings (SSSR count). The first kappa shape index (κ1) is 92.7. The van der Waals surface area contributed by atoms with Gasteiger partial charge in [0, 0.05) is 6.42 Å². The summed E-state index contributed by atoms with van der Waals surface area (Å²) in [6.45, 7) is 2.71. The van der Waals surface area contributed by atoms with Crippen molar-refractivity contribution in [3.8, 4) is 0 Å². The first-order valence-electron chi connectivity index (χ1n) is 41.1. The molecule has 12 atom stereocenters. The molecule has 578 valence electrons. The Labute approximate surface area is 610 Å². The summed E-state index contributed by atoms with van der Waals surface area (Å²) in [6, 6.07) is -0.941. The molecule has 2 aliphatic heterocycles. The third-order valence-electron chi connectivity index (χ3n) is 19.4. The van der Waals surface area contributed by atoms with Crippen molar-refractivity contribution in [2.45, 2.75) is 408 Å². The number of hydrogen-bond donors (Lipinski definition) is 9. The molecule has 0 saturated carbocycles. The lowest BCUT2D eigenvalue weighted by atomic mass is 9.97. The lowest BCUT2D eigenvalue weighted by molar-refractivity contribution is -0.359. The summed E-state index contributed by atoms with van der Waals surface area (Å²) < 4.78 is 22.9. The lowest BCUT2D eigenvalue weighted by Gasteiger charge is -2.46. The van der Waals surface area contributed by atoms with E-state index in [1.54, 1.807) is 6.08 Å². The average Bonchev–Trinajstić information content (AvgIpc) is 0.790. The van der Waals surface area contributed by atoms with Crippen LogP contribution in [0.5, 0.6) is 0 Å². The maximum Gasteiger partial charge on any atom is 0.220 e. The van der Waals surface area contributed by atoms with E-state index in [-0.39, 0.29) is 18.9 Å². The minimum absolute atomic E-state index is 0.250. The zero-order valence-corrected chi connectivity index (χ0v) is 63.4. The fraction of sp³-hybridized carbons (Fsp3) is 0.779. The van der Waals surface area contributed by atoms with Gasteiger partial charge < -0.3 is 65.1 Å². The van der Waals surface area contributed by atoms with E-state index in [4.69, 9.17) is 18.9 Å². The van der Waals surface area contributed by atoms with Crippen LogP contribution in [0, 0.1) is 0 Å². The maximum absolute atomic E-state index is 13.4. The SMILES string of the molecule is CC/C=C\C/C=C\C/C=C\C/C=C\C/C=C\C/C=C\C/C=C\CCCCCCCCCCCCCCCC(=O)NC(COC1OC(CO)C(OC2OC(CO)C(O)C(O)C2O)C(O)C1O)C(O)/C=C/CC/C=C/CCCCCCCCCCCCCCCCCCCCCCCCCCC. The fourth-order valence-corrected chi connectivity index (χ4v) is 13.0. The van der Waals surface area contributed by atoms with E-state index in [0.29, 0.717) is 12.8 Å². The van der Waals surface area contributed by atoms with Crippen LogP contribution in [0.15, 0.2) is 109 Å². The zero-order chi connectivity index (χ0) is 72.2. The van der Waals surface area contributed by atoms with Gasteiger partial charge in [0.05, 0.1) is 32.0 Å². The predicted octanol–water partition coefficient (Wildman–Crippen LogP) is 19.0. The second kappa shape index (κ2) is 68.7. The predicted molar refractivity (Wildman–Crippen MR) is 415 cm³/mol. The summed E-state index contributed by atoms with van der Waals surface area (Å²) in [5.41, 5.74) is 0. The molecule has 0 aromatic rings. The maximum atomic E-state index is 13.4. The molecule has 1 amide bonds. The summed E-state index contributed by atoms with van der Waals surface area (Å²) in [6.07, 6.45) is 83.1. The molecular formula is C86H151NO13. The number of aliphatic hydroxyl groups excluding tert-OH is 8. The van der Waals surface area contributed by atoms with Crippen molar-refractivity contribution in [3.05, 3.63) is 109 Å². The highest BCUT2D eigenvalue weighted by Gasteiger charge is 2.51. The quantitative estimate of drug-likeness (QED) is 0.0204. The van der Waals surface area contributed by atoms with Crippen molar-refractivity contribution in [2.75, 3.05) is 19.8 Å². The van der Waals surface area contributed by atoms with Gasteiger partial charge in [0.2, 0.25) is 5.91 Å². The number of nitrogens with one attached hydrogen (secondary N) is 1. The number of ether oxygens (including phenoxy) is 4. The molecule has 0 aromatic carbocycles. The van der Waals surface area contributed by atoms with Gasteiger partial charge >= 0.3 is 0 Å². The van der Waals surface area contributed by atoms with Crippen LogP contribution in [-0.2, 0) is 23.7 Å². The Balaban J connectivity index is 1.63. The van der Waals surface area contributed by atoms with Crippen molar-refractivity contribution in [3.63, 3.8) is 0 Å². The summed E-state index contributed by atoms with van der Waals surface area (Å²) in [5, 5.41) is 87.7. The first-order chi connectivity index (χ1) is 49.1. The van der Waals surface area contributed by atoms with E-state index in [1.807, 2.05) is 6.08 Å². The standard InChI is InChI=1S/C86H151NO13/c1-3-5-7-9-11-13-15-17-19-21-23-25-27-29-31-33-35-36-37-38-40-42-44-46-48-50-52-54-56-58-60-62-64-66-68-70-78(91)87-74(73-97-85-83(96)81(94)84(77(72-89)99-85)100-86-82(95)80(93)79(92)76(71-88)98-86)75(90)69-67-65-63-61-59-57-55-53-51-49-47-45-43-41-39-34-32-30-28-26-24-22-20-18-16-14-12-10-8-6-4-2/h5,7,11,13,17,19,23,25,29,31,35-36,38,40,59,61,67,69,74-77,79-86,88-90,92-96H,3-4,6,8-10,12,14-16,18,20-22,24,26-28,30,32-34,37,39,41-58,60,62-66,68,70-73H2,1-2H3,(H,87,91)/b7-5-,13-11-,19-17-,25-23-,31-29-,36-35-,40-38-,61-59+,69-67+. The van der Waals surface area contributed by atoms with E-state index in [0.717, 1.165) is 83.5 Å². The highest BCUT2D eigenvalue weighted by molar-refractivity contribution is 5.76.